The van der Waals surface area contributed by atoms with Gasteiger partial charge in [-0.25, -0.2) is 4.98 Å². The Balaban J connectivity index is 1.42. The molecule has 1 saturated heterocycles. The number of anilines is 1. The lowest BCUT2D eigenvalue weighted by Gasteiger charge is -2.28. The number of hydrogen-bond acceptors (Lipinski definition) is 6. The van der Waals surface area contributed by atoms with Crippen molar-refractivity contribution >= 4 is 32.6 Å². The number of nitrogens with zero attached hydrogens (tertiary/aromatic N) is 3. The van der Waals surface area contributed by atoms with Gasteiger partial charge in [-0.2, -0.15) is 0 Å². The third kappa shape index (κ3) is 5.11. The summed E-state index contributed by atoms with van der Waals surface area (Å²) >= 11 is 1.56. The lowest BCUT2D eigenvalue weighted by molar-refractivity contribution is 0.0376. The Morgan fingerprint density at radius 3 is 2.79 bits per heavy atom. The number of carbonyl (C=O) groups is 1. The third-order valence-corrected chi connectivity index (χ3v) is 7.75. The van der Waals surface area contributed by atoms with Crippen LogP contribution < -0.4 is 9.64 Å². The van der Waals surface area contributed by atoms with Crippen molar-refractivity contribution in [3.05, 3.63) is 53.1 Å². The van der Waals surface area contributed by atoms with Gasteiger partial charge in [0.2, 0.25) is 0 Å². The second-order valence-electron chi connectivity index (χ2n) is 8.99. The zero-order valence-corrected chi connectivity index (χ0v) is 20.7. The minimum absolute atomic E-state index is 0.0346. The van der Waals surface area contributed by atoms with Gasteiger partial charge in [0.15, 0.2) is 5.13 Å². The van der Waals surface area contributed by atoms with Crippen molar-refractivity contribution in [2.75, 3.05) is 50.9 Å². The summed E-state index contributed by atoms with van der Waals surface area (Å²) in [7, 11) is 0. The van der Waals surface area contributed by atoms with Crippen LogP contribution >= 0.6 is 11.3 Å². The van der Waals surface area contributed by atoms with E-state index in [4.69, 9.17) is 14.5 Å². The molecule has 1 aromatic heterocycles. The molecule has 1 amide bonds. The highest BCUT2D eigenvalue weighted by Gasteiger charge is 2.24. The van der Waals surface area contributed by atoms with Gasteiger partial charge in [-0.15, -0.1) is 0 Å². The van der Waals surface area contributed by atoms with Crippen molar-refractivity contribution in [1.82, 2.24) is 9.88 Å². The predicted molar refractivity (Wildman–Crippen MR) is 137 cm³/mol. The first-order chi connectivity index (χ1) is 16.7. The number of aromatic nitrogens is 1. The second-order valence-corrected chi connectivity index (χ2v) is 10.00. The molecule has 2 aromatic carbocycles. The molecule has 0 saturated carbocycles. The van der Waals surface area contributed by atoms with Gasteiger partial charge in [0.1, 0.15) is 11.3 Å². The molecule has 1 aliphatic heterocycles. The van der Waals surface area contributed by atoms with E-state index in [0.717, 1.165) is 78.8 Å². The number of carbonyl (C=O) groups excluding carboxylic acids is 1. The number of thiazole rings is 1. The van der Waals surface area contributed by atoms with Crippen molar-refractivity contribution in [2.45, 2.75) is 39.0 Å². The van der Waals surface area contributed by atoms with Gasteiger partial charge in [-0.1, -0.05) is 23.5 Å². The number of benzene rings is 2. The van der Waals surface area contributed by atoms with Gasteiger partial charge in [0.25, 0.3) is 5.91 Å². The first kappa shape index (κ1) is 23.3. The van der Waals surface area contributed by atoms with Gasteiger partial charge in [0, 0.05) is 31.7 Å². The van der Waals surface area contributed by atoms with Crippen molar-refractivity contribution in [3.8, 4) is 5.75 Å². The molecule has 34 heavy (non-hydrogen) atoms. The van der Waals surface area contributed by atoms with E-state index in [-0.39, 0.29) is 5.91 Å². The minimum Gasteiger partial charge on any atom is -0.492 e. The van der Waals surface area contributed by atoms with Crippen LogP contribution in [-0.2, 0) is 17.6 Å². The summed E-state index contributed by atoms with van der Waals surface area (Å²) in [6, 6.07) is 12.3. The number of para-hydroxylation sites is 1. The predicted octanol–water partition coefficient (Wildman–Crippen LogP) is 4.94. The molecule has 0 N–H and O–H groups in total. The number of ether oxygens (including phenoxy) is 2. The molecule has 2 heterocycles. The number of rotatable bonds is 8. The first-order valence-corrected chi connectivity index (χ1v) is 13.3. The van der Waals surface area contributed by atoms with Crippen LogP contribution in [0.5, 0.6) is 5.75 Å². The monoisotopic (exact) mass is 479 g/mol. The molecule has 180 valence electrons. The molecule has 7 heteroatoms. The normalized spacial score (nSPS) is 16.4. The van der Waals surface area contributed by atoms with E-state index < -0.39 is 0 Å². The molecule has 1 fully saturated rings. The van der Waals surface area contributed by atoms with Crippen molar-refractivity contribution < 1.29 is 14.3 Å². The van der Waals surface area contributed by atoms with E-state index in [9.17, 15) is 4.79 Å². The summed E-state index contributed by atoms with van der Waals surface area (Å²) in [5.74, 6) is 0.810. The molecule has 6 nitrogen and oxygen atoms in total. The van der Waals surface area contributed by atoms with Gasteiger partial charge < -0.3 is 9.47 Å². The van der Waals surface area contributed by atoms with Crippen LogP contribution in [0.15, 0.2) is 36.4 Å². The fourth-order valence-electron chi connectivity index (χ4n) is 4.88. The quantitative estimate of drug-likeness (QED) is 0.458. The highest BCUT2D eigenvalue weighted by atomic mass is 32.1. The highest BCUT2D eigenvalue weighted by molar-refractivity contribution is 7.22. The Morgan fingerprint density at radius 2 is 1.97 bits per heavy atom. The van der Waals surface area contributed by atoms with Gasteiger partial charge in [0.05, 0.1) is 24.5 Å². The Bertz CT molecular complexity index is 1140. The van der Waals surface area contributed by atoms with Crippen molar-refractivity contribution in [3.63, 3.8) is 0 Å². The van der Waals surface area contributed by atoms with Crippen LogP contribution in [0.1, 0.15) is 47.7 Å². The number of fused-ring (bicyclic) bond motifs is 2. The SMILES string of the molecule is CCOc1cccc2sc(N(CCCN3CCOCC3)C(=O)c3ccc4c(c3)CCCC4)nc12. The van der Waals surface area contributed by atoms with Gasteiger partial charge in [-0.05, 0) is 74.4 Å². The van der Waals surface area contributed by atoms with E-state index >= 15 is 0 Å². The highest BCUT2D eigenvalue weighted by Crippen LogP contribution is 2.35. The lowest BCUT2D eigenvalue weighted by Crippen LogP contribution is -2.39. The second kappa shape index (κ2) is 10.8. The molecule has 0 bridgehead atoms. The number of aryl methyl sites for hydroxylation is 2. The Labute approximate surface area is 205 Å². The van der Waals surface area contributed by atoms with Crippen LogP contribution in [0.25, 0.3) is 10.2 Å². The number of hydrogen-bond donors (Lipinski definition) is 0. The Hall–Kier alpha value is -2.48. The third-order valence-electron chi connectivity index (χ3n) is 6.70. The summed E-state index contributed by atoms with van der Waals surface area (Å²) in [5.41, 5.74) is 4.31. The largest absolute Gasteiger partial charge is 0.492 e. The summed E-state index contributed by atoms with van der Waals surface area (Å²) < 4.78 is 12.3. The maximum absolute atomic E-state index is 13.8. The lowest BCUT2D eigenvalue weighted by atomic mass is 9.90. The molecular formula is C27H33N3O3S. The maximum Gasteiger partial charge on any atom is 0.260 e. The fourth-order valence-corrected chi connectivity index (χ4v) is 5.89. The van der Waals surface area contributed by atoms with E-state index in [0.29, 0.717) is 13.2 Å². The Morgan fingerprint density at radius 1 is 1.15 bits per heavy atom. The van der Waals surface area contributed by atoms with Crippen LogP contribution in [0.3, 0.4) is 0 Å². The molecule has 5 rings (SSSR count). The molecule has 0 atom stereocenters. The molecule has 0 radical (unpaired) electrons. The van der Waals surface area contributed by atoms with Crippen molar-refractivity contribution in [1.29, 1.82) is 0 Å². The molecule has 1 aliphatic carbocycles. The first-order valence-electron chi connectivity index (χ1n) is 12.5. The van der Waals surface area contributed by atoms with E-state index in [1.54, 1.807) is 11.3 Å². The zero-order valence-electron chi connectivity index (χ0n) is 19.9. The summed E-state index contributed by atoms with van der Waals surface area (Å²) in [6.45, 7) is 7.64. The molecule has 3 aromatic rings. The fraction of sp³-hybridized carbons (Fsp3) is 0.481. The zero-order chi connectivity index (χ0) is 23.3. The average Bonchev–Trinajstić information content (AvgIpc) is 3.32. The Kier molecular flexibility index (Phi) is 7.42. The molecule has 0 spiro atoms. The van der Waals surface area contributed by atoms with Crippen LogP contribution in [0.2, 0.25) is 0 Å². The van der Waals surface area contributed by atoms with E-state index in [2.05, 4.69) is 17.0 Å². The molecule has 2 aliphatic rings. The number of amides is 1. The van der Waals surface area contributed by atoms with Gasteiger partial charge in [-0.3, -0.25) is 14.6 Å². The summed E-state index contributed by atoms with van der Waals surface area (Å²) in [4.78, 5) is 23.0. The van der Waals surface area contributed by atoms with Crippen LogP contribution in [0, 0.1) is 0 Å². The van der Waals surface area contributed by atoms with Gasteiger partial charge >= 0.3 is 0 Å². The standard InChI is InChI=1S/C27H33N3O3S/c1-2-33-23-9-5-10-24-25(23)28-27(34-24)30(14-6-13-29-15-17-32-18-16-29)26(31)22-12-11-20-7-3-4-8-21(20)19-22/h5,9-12,19H,2-4,6-8,13-18H2,1H3. The minimum atomic E-state index is 0.0346. The van der Waals surface area contributed by atoms with E-state index in [1.165, 1.54) is 24.0 Å². The van der Waals surface area contributed by atoms with Crippen LogP contribution in [-0.4, -0.2) is 61.8 Å². The smallest absolute Gasteiger partial charge is 0.260 e. The van der Waals surface area contributed by atoms with Crippen molar-refractivity contribution in [2.24, 2.45) is 0 Å². The summed E-state index contributed by atoms with van der Waals surface area (Å²) in [5, 5.41) is 0.742. The summed E-state index contributed by atoms with van der Waals surface area (Å²) in [6.07, 6.45) is 5.51. The average molecular weight is 480 g/mol. The molecular weight excluding hydrogens is 446 g/mol. The number of morpholine rings is 1. The van der Waals surface area contributed by atoms with Crippen LogP contribution in [0.4, 0.5) is 5.13 Å². The van der Waals surface area contributed by atoms with E-state index in [1.807, 2.05) is 36.1 Å². The molecule has 0 unspecified atom stereocenters. The maximum atomic E-state index is 13.8. The topological polar surface area (TPSA) is 54.9 Å².